The molecule has 0 radical (unpaired) electrons. The minimum absolute atomic E-state index is 0.0399. The maximum Gasteiger partial charge on any atom is 0.351 e. The van der Waals surface area contributed by atoms with Crippen LogP contribution >= 0.6 is 0 Å². The second-order valence-corrected chi connectivity index (χ2v) is 7.66. The second kappa shape index (κ2) is 7.14. The quantitative estimate of drug-likeness (QED) is 0.858. The fourth-order valence-electron chi connectivity index (χ4n) is 4.81. The highest BCUT2D eigenvalue weighted by Gasteiger charge is 2.63. The van der Waals surface area contributed by atoms with Crippen LogP contribution < -0.4 is 11.0 Å². The molecular weight excluding hydrogens is 358 g/mol. The SMILES string of the molecule is CC[C@@]12C[C@H](C)[C@@H]([C@H](n3ccc(NC(=O)c4ccccc4)nc3=O)O1)[C@@H]2OC. The third-order valence-electron chi connectivity index (χ3n) is 6.11. The molecule has 2 aliphatic rings. The number of fused-ring (bicyclic) bond motifs is 2. The lowest BCUT2D eigenvalue weighted by molar-refractivity contribution is -0.134. The molecule has 4 rings (SSSR count). The molecule has 2 heterocycles. The Bertz CT molecular complexity index is 929. The van der Waals surface area contributed by atoms with E-state index in [1.807, 2.05) is 6.07 Å². The van der Waals surface area contributed by atoms with Gasteiger partial charge in [0.25, 0.3) is 5.91 Å². The summed E-state index contributed by atoms with van der Waals surface area (Å²) in [5, 5.41) is 2.67. The molecule has 7 heteroatoms. The number of carbonyl (C=O) groups excluding carboxylic acids is 1. The van der Waals surface area contributed by atoms with Gasteiger partial charge in [-0.2, -0.15) is 4.98 Å². The van der Waals surface area contributed by atoms with E-state index in [1.165, 1.54) is 4.57 Å². The predicted octanol–water partition coefficient (Wildman–Crippen LogP) is 2.84. The number of carbonyl (C=O) groups is 1. The average Bonchev–Trinajstić information content (AvgIpc) is 3.17. The number of hydrogen-bond donors (Lipinski definition) is 1. The molecule has 2 fully saturated rings. The fraction of sp³-hybridized carbons (Fsp3) is 0.476. The largest absolute Gasteiger partial charge is 0.378 e. The first-order valence-corrected chi connectivity index (χ1v) is 9.65. The van der Waals surface area contributed by atoms with Gasteiger partial charge in [0.2, 0.25) is 0 Å². The molecule has 7 nitrogen and oxygen atoms in total. The number of methoxy groups -OCH3 is 1. The highest BCUT2D eigenvalue weighted by molar-refractivity contribution is 6.03. The molecule has 1 aromatic heterocycles. The third-order valence-corrected chi connectivity index (χ3v) is 6.11. The van der Waals surface area contributed by atoms with Crippen LogP contribution in [-0.2, 0) is 9.47 Å². The van der Waals surface area contributed by atoms with Gasteiger partial charge in [0.1, 0.15) is 12.0 Å². The van der Waals surface area contributed by atoms with Crippen molar-refractivity contribution in [2.24, 2.45) is 11.8 Å². The van der Waals surface area contributed by atoms with Crippen LogP contribution in [0.1, 0.15) is 43.3 Å². The molecule has 0 spiro atoms. The Balaban J connectivity index is 1.58. The molecule has 1 N–H and O–H groups in total. The average molecular weight is 383 g/mol. The number of rotatable bonds is 5. The van der Waals surface area contributed by atoms with Gasteiger partial charge in [-0.25, -0.2) is 4.79 Å². The van der Waals surface area contributed by atoms with Crippen molar-refractivity contribution in [2.45, 2.75) is 44.6 Å². The van der Waals surface area contributed by atoms with Gasteiger partial charge in [0.05, 0.1) is 11.7 Å². The lowest BCUT2D eigenvalue weighted by atomic mass is 9.94. The number of benzene rings is 1. The van der Waals surface area contributed by atoms with Crippen molar-refractivity contribution in [3.05, 3.63) is 58.6 Å². The molecule has 1 saturated heterocycles. The van der Waals surface area contributed by atoms with Crippen LogP contribution in [0, 0.1) is 11.8 Å². The standard InChI is InChI=1S/C21H25N3O4/c1-4-21-12-13(2)16(17(21)27-3)19(28-21)24-11-10-15(23-20(24)26)22-18(25)14-8-6-5-7-9-14/h5-11,13,16-17,19H,4,12H2,1-3H3,(H,22,23,25,26)/t13-,16+,17-,19+,21-/m0/s1. The number of hydrogen-bond acceptors (Lipinski definition) is 5. The van der Waals surface area contributed by atoms with Crippen LogP contribution in [0.25, 0.3) is 0 Å². The van der Waals surface area contributed by atoms with E-state index in [4.69, 9.17) is 9.47 Å². The summed E-state index contributed by atoms with van der Waals surface area (Å²) >= 11 is 0. The zero-order valence-electron chi connectivity index (χ0n) is 16.3. The molecule has 1 aliphatic heterocycles. The second-order valence-electron chi connectivity index (χ2n) is 7.66. The van der Waals surface area contributed by atoms with Crippen molar-refractivity contribution in [3.8, 4) is 0 Å². The maximum absolute atomic E-state index is 12.7. The Labute approximate surface area is 163 Å². The smallest absolute Gasteiger partial charge is 0.351 e. The van der Waals surface area contributed by atoms with Crippen LogP contribution in [-0.4, -0.2) is 34.3 Å². The van der Waals surface area contributed by atoms with Gasteiger partial charge in [-0.15, -0.1) is 0 Å². The highest BCUT2D eigenvalue weighted by atomic mass is 16.6. The molecule has 5 atom stereocenters. The van der Waals surface area contributed by atoms with Crippen molar-refractivity contribution < 1.29 is 14.3 Å². The molecular formula is C21H25N3O4. The van der Waals surface area contributed by atoms with E-state index in [0.717, 1.165) is 12.8 Å². The minimum atomic E-state index is -0.447. The summed E-state index contributed by atoms with van der Waals surface area (Å²) in [5.41, 5.74) is -0.299. The Morgan fingerprint density at radius 2 is 2.11 bits per heavy atom. The monoisotopic (exact) mass is 383 g/mol. The first kappa shape index (κ1) is 18.8. The summed E-state index contributed by atoms with van der Waals surface area (Å²) in [7, 11) is 1.70. The van der Waals surface area contributed by atoms with E-state index in [1.54, 1.807) is 43.6 Å². The normalized spacial score (nSPS) is 31.1. The molecule has 0 unspecified atom stereocenters. The van der Waals surface area contributed by atoms with E-state index in [2.05, 4.69) is 24.1 Å². The van der Waals surface area contributed by atoms with Crippen molar-refractivity contribution >= 4 is 11.7 Å². The molecule has 1 amide bonds. The molecule has 1 aliphatic carbocycles. The molecule has 148 valence electrons. The summed E-state index contributed by atoms with van der Waals surface area (Å²) < 4.78 is 13.6. The van der Waals surface area contributed by atoms with E-state index >= 15 is 0 Å². The Kier molecular flexibility index (Phi) is 4.81. The molecule has 2 bridgehead atoms. The lowest BCUT2D eigenvalue weighted by Gasteiger charge is -2.33. The fourth-order valence-corrected chi connectivity index (χ4v) is 4.81. The van der Waals surface area contributed by atoms with Crippen LogP contribution in [0.4, 0.5) is 5.82 Å². The van der Waals surface area contributed by atoms with Crippen molar-refractivity contribution in [2.75, 3.05) is 12.4 Å². The third kappa shape index (κ3) is 2.95. The van der Waals surface area contributed by atoms with Gasteiger partial charge in [0, 0.05) is 24.8 Å². The van der Waals surface area contributed by atoms with Gasteiger partial charge < -0.3 is 14.8 Å². The molecule has 28 heavy (non-hydrogen) atoms. The van der Waals surface area contributed by atoms with Crippen molar-refractivity contribution in [3.63, 3.8) is 0 Å². The van der Waals surface area contributed by atoms with E-state index in [-0.39, 0.29) is 29.3 Å². The van der Waals surface area contributed by atoms with Crippen molar-refractivity contribution in [1.82, 2.24) is 9.55 Å². The molecule has 1 aromatic carbocycles. The maximum atomic E-state index is 12.7. The Hall–Kier alpha value is -2.51. The number of ether oxygens (including phenoxy) is 2. The first-order chi connectivity index (χ1) is 13.5. The van der Waals surface area contributed by atoms with E-state index in [0.29, 0.717) is 11.5 Å². The number of aromatic nitrogens is 2. The highest BCUT2D eigenvalue weighted by Crippen LogP contribution is 2.57. The van der Waals surface area contributed by atoms with E-state index < -0.39 is 11.9 Å². The summed E-state index contributed by atoms with van der Waals surface area (Å²) in [6.07, 6.45) is 2.95. The zero-order chi connectivity index (χ0) is 19.9. The molecule has 2 aromatic rings. The Morgan fingerprint density at radius 3 is 2.71 bits per heavy atom. The van der Waals surface area contributed by atoms with Crippen LogP contribution in [0.15, 0.2) is 47.4 Å². The van der Waals surface area contributed by atoms with Crippen LogP contribution in [0.2, 0.25) is 0 Å². The summed E-state index contributed by atoms with van der Waals surface area (Å²) in [6, 6.07) is 10.4. The first-order valence-electron chi connectivity index (χ1n) is 9.65. The van der Waals surface area contributed by atoms with Gasteiger partial charge in [-0.3, -0.25) is 9.36 Å². The summed E-state index contributed by atoms with van der Waals surface area (Å²) in [6.45, 7) is 4.27. The van der Waals surface area contributed by atoms with Gasteiger partial charge in [-0.1, -0.05) is 32.0 Å². The minimum Gasteiger partial charge on any atom is -0.378 e. The zero-order valence-corrected chi connectivity index (χ0v) is 16.3. The number of nitrogens with one attached hydrogen (secondary N) is 1. The lowest BCUT2D eigenvalue weighted by Crippen LogP contribution is -2.38. The van der Waals surface area contributed by atoms with E-state index in [9.17, 15) is 9.59 Å². The molecule has 1 saturated carbocycles. The number of nitrogens with zero attached hydrogens (tertiary/aromatic N) is 2. The van der Waals surface area contributed by atoms with Crippen LogP contribution in [0.3, 0.4) is 0 Å². The summed E-state index contributed by atoms with van der Waals surface area (Å²) in [5.74, 6) is 0.390. The van der Waals surface area contributed by atoms with Gasteiger partial charge in [-0.05, 0) is 37.0 Å². The number of amides is 1. The predicted molar refractivity (Wildman–Crippen MR) is 104 cm³/mol. The Morgan fingerprint density at radius 1 is 1.36 bits per heavy atom. The van der Waals surface area contributed by atoms with Crippen molar-refractivity contribution in [1.29, 1.82) is 0 Å². The summed E-state index contributed by atoms with van der Waals surface area (Å²) in [4.78, 5) is 29.0. The topological polar surface area (TPSA) is 82.5 Å². The number of anilines is 1. The van der Waals surface area contributed by atoms with Gasteiger partial charge >= 0.3 is 5.69 Å². The van der Waals surface area contributed by atoms with Gasteiger partial charge in [0.15, 0.2) is 0 Å². The van der Waals surface area contributed by atoms with Crippen LogP contribution in [0.5, 0.6) is 0 Å².